The van der Waals surface area contributed by atoms with Crippen LogP contribution in [0.3, 0.4) is 0 Å². The first kappa shape index (κ1) is 13.9. The van der Waals surface area contributed by atoms with Gasteiger partial charge < -0.3 is 10.1 Å². The van der Waals surface area contributed by atoms with Crippen molar-refractivity contribution in [3.63, 3.8) is 0 Å². The zero-order valence-electron chi connectivity index (χ0n) is 11.8. The standard InChI is InChI=1S/C15H17N3O3/c1-2-21-14(19)11-8-16-7-6-9(11)10-4-3-5-12-13(10)18-15(20)17-12/h3-5,9,11,16H,2,6-8H2,1H3. The molecule has 0 aromatic heterocycles. The van der Waals surface area contributed by atoms with Crippen molar-refractivity contribution in [2.75, 3.05) is 19.7 Å². The Morgan fingerprint density at radius 3 is 3.10 bits per heavy atom. The summed E-state index contributed by atoms with van der Waals surface area (Å²) in [5.74, 6) is -0.449. The number of hydrogen-bond donors (Lipinski definition) is 1. The highest BCUT2D eigenvalue weighted by Gasteiger charge is 2.34. The van der Waals surface area contributed by atoms with Gasteiger partial charge >= 0.3 is 12.0 Å². The lowest BCUT2D eigenvalue weighted by Crippen LogP contribution is -2.43. The Bertz CT molecular complexity index is 699. The molecule has 110 valence electrons. The summed E-state index contributed by atoms with van der Waals surface area (Å²) in [5, 5.41) is 4.44. The van der Waals surface area contributed by atoms with Gasteiger partial charge in [0.1, 0.15) is 0 Å². The van der Waals surface area contributed by atoms with Crippen LogP contribution in [0.25, 0.3) is 0 Å². The minimum absolute atomic E-state index is 0.00472. The fourth-order valence-electron chi connectivity index (χ4n) is 3.01. The fraction of sp³-hybridized carbons (Fsp3) is 0.467. The first-order valence-electron chi connectivity index (χ1n) is 7.18. The van der Waals surface area contributed by atoms with Crippen LogP contribution in [0.5, 0.6) is 0 Å². The Balaban J connectivity index is 2.01. The van der Waals surface area contributed by atoms with Gasteiger partial charge in [0, 0.05) is 12.5 Å². The molecular weight excluding hydrogens is 270 g/mol. The predicted molar refractivity (Wildman–Crippen MR) is 74.5 cm³/mol. The number of rotatable bonds is 3. The number of ether oxygens (including phenoxy) is 1. The lowest BCUT2D eigenvalue weighted by Gasteiger charge is -2.30. The summed E-state index contributed by atoms with van der Waals surface area (Å²) in [4.78, 5) is 31.4. The van der Waals surface area contributed by atoms with Crippen molar-refractivity contribution < 1.29 is 14.3 Å². The van der Waals surface area contributed by atoms with Gasteiger partial charge in [0.15, 0.2) is 0 Å². The van der Waals surface area contributed by atoms with Crippen molar-refractivity contribution in [2.45, 2.75) is 19.3 Å². The third-order valence-corrected chi connectivity index (χ3v) is 3.94. The molecule has 2 amide bonds. The maximum absolute atomic E-state index is 12.2. The molecule has 6 heteroatoms. The molecule has 6 nitrogen and oxygen atoms in total. The summed E-state index contributed by atoms with van der Waals surface area (Å²) in [7, 11) is 0. The van der Waals surface area contributed by atoms with Gasteiger partial charge in [-0.15, -0.1) is 0 Å². The van der Waals surface area contributed by atoms with E-state index in [1.807, 2.05) is 12.1 Å². The predicted octanol–water partition coefficient (Wildman–Crippen LogP) is 0.316. The van der Waals surface area contributed by atoms with Gasteiger partial charge in [0.2, 0.25) is 0 Å². The number of benzene rings is 1. The van der Waals surface area contributed by atoms with Crippen LogP contribution in [0.1, 0.15) is 24.8 Å². The van der Waals surface area contributed by atoms with Crippen LogP contribution in [0.2, 0.25) is 0 Å². The Hall–Kier alpha value is -2.08. The van der Waals surface area contributed by atoms with Gasteiger partial charge in [-0.25, -0.2) is 4.79 Å². The summed E-state index contributed by atoms with van der Waals surface area (Å²) >= 11 is 0. The number of carbonyl (C=O) groups is 2. The maximum Gasteiger partial charge on any atom is 0.368 e. The van der Waals surface area contributed by atoms with Gasteiger partial charge in [-0.3, -0.25) is 4.79 Å². The van der Waals surface area contributed by atoms with Crippen molar-refractivity contribution in [1.29, 1.82) is 0 Å². The fourth-order valence-corrected chi connectivity index (χ4v) is 3.01. The van der Waals surface area contributed by atoms with Crippen molar-refractivity contribution in [1.82, 2.24) is 5.32 Å². The van der Waals surface area contributed by atoms with Gasteiger partial charge in [0.05, 0.1) is 23.2 Å². The quantitative estimate of drug-likeness (QED) is 0.812. The monoisotopic (exact) mass is 287 g/mol. The van der Waals surface area contributed by atoms with Crippen molar-refractivity contribution >= 4 is 12.0 Å². The molecule has 2 aliphatic rings. The van der Waals surface area contributed by atoms with E-state index in [2.05, 4.69) is 15.3 Å². The first-order chi connectivity index (χ1) is 10.2. The van der Waals surface area contributed by atoms with Gasteiger partial charge in [-0.2, -0.15) is 9.98 Å². The Labute approximate surface area is 121 Å². The van der Waals surface area contributed by atoms with Crippen LogP contribution in [0.4, 0.5) is 4.79 Å². The van der Waals surface area contributed by atoms with Crippen LogP contribution < -0.4 is 16.0 Å². The smallest absolute Gasteiger partial charge is 0.368 e. The zero-order chi connectivity index (χ0) is 14.8. The molecule has 2 heterocycles. The van der Waals surface area contributed by atoms with E-state index in [-0.39, 0.29) is 17.8 Å². The number of esters is 1. The number of piperidine rings is 1. The lowest BCUT2D eigenvalue weighted by atomic mass is 9.81. The van der Waals surface area contributed by atoms with E-state index in [1.165, 1.54) is 0 Å². The second kappa shape index (κ2) is 5.73. The third-order valence-electron chi connectivity index (χ3n) is 3.94. The molecule has 2 atom stereocenters. The van der Waals surface area contributed by atoms with E-state index >= 15 is 0 Å². The summed E-state index contributed by atoms with van der Waals surface area (Å²) < 4.78 is 5.17. The van der Waals surface area contributed by atoms with Gasteiger partial charge in [0.25, 0.3) is 0 Å². The number of urea groups is 1. The highest BCUT2D eigenvalue weighted by Crippen LogP contribution is 2.29. The summed E-state index contributed by atoms with van der Waals surface area (Å²) in [6.07, 6.45) is 0.809. The number of nitrogens with zero attached hydrogens (tertiary/aromatic N) is 2. The van der Waals surface area contributed by atoms with Crippen molar-refractivity contribution in [3.05, 3.63) is 34.5 Å². The molecule has 1 fully saturated rings. The summed E-state index contributed by atoms with van der Waals surface area (Å²) in [6, 6.07) is 5.08. The van der Waals surface area contributed by atoms with Crippen molar-refractivity contribution in [2.24, 2.45) is 15.9 Å². The molecule has 2 aliphatic heterocycles. The number of amides is 2. The van der Waals surface area contributed by atoms with Crippen LogP contribution in [-0.2, 0) is 9.53 Å². The first-order valence-corrected chi connectivity index (χ1v) is 7.18. The van der Waals surface area contributed by atoms with Crippen LogP contribution in [-0.4, -0.2) is 31.7 Å². The number of fused-ring (bicyclic) bond motifs is 1. The summed E-state index contributed by atoms with van der Waals surface area (Å²) in [6.45, 7) is 3.58. The second-order valence-electron chi connectivity index (χ2n) is 5.18. The van der Waals surface area contributed by atoms with E-state index in [0.29, 0.717) is 23.9 Å². The molecule has 0 saturated carbocycles. The molecule has 1 N–H and O–H groups in total. The highest BCUT2D eigenvalue weighted by molar-refractivity contribution is 5.78. The van der Waals surface area contributed by atoms with E-state index < -0.39 is 6.03 Å². The van der Waals surface area contributed by atoms with Crippen LogP contribution in [0.15, 0.2) is 28.2 Å². The molecule has 1 saturated heterocycles. The largest absolute Gasteiger partial charge is 0.466 e. The Kier molecular flexibility index (Phi) is 3.79. The average Bonchev–Trinajstić information content (AvgIpc) is 2.87. The molecule has 21 heavy (non-hydrogen) atoms. The van der Waals surface area contributed by atoms with Crippen LogP contribution >= 0.6 is 0 Å². The van der Waals surface area contributed by atoms with E-state index in [4.69, 9.17) is 4.74 Å². The molecule has 1 aromatic rings. The maximum atomic E-state index is 12.2. The van der Waals surface area contributed by atoms with Crippen molar-refractivity contribution in [3.8, 4) is 0 Å². The third kappa shape index (κ3) is 2.58. The van der Waals surface area contributed by atoms with Gasteiger partial charge in [-0.1, -0.05) is 12.1 Å². The molecule has 3 rings (SSSR count). The number of para-hydroxylation sites is 1. The van der Waals surface area contributed by atoms with E-state index in [9.17, 15) is 9.59 Å². The Morgan fingerprint density at radius 1 is 1.43 bits per heavy atom. The second-order valence-corrected chi connectivity index (χ2v) is 5.18. The normalized spacial score (nSPS) is 24.0. The Morgan fingerprint density at radius 2 is 2.29 bits per heavy atom. The van der Waals surface area contributed by atoms with E-state index in [1.54, 1.807) is 13.0 Å². The number of hydrogen-bond acceptors (Lipinski definition) is 4. The molecule has 0 aliphatic carbocycles. The number of carbonyl (C=O) groups excluding carboxylic acids is 2. The molecule has 1 aromatic carbocycles. The minimum atomic E-state index is -0.473. The zero-order valence-corrected chi connectivity index (χ0v) is 11.8. The van der Waals surface area contributed by atoms with Gasteiger partial charge in [-0.05, 0) is 31.5 Å². The minimum Gasteiger partial charge on any atom is -0.466 e. The average molecular weight is 287 g/mol. The lowest BCUT2D eigenvalue weighted by molar-refractivity contribution is -0.149. The van der Waals surface area contributed by atoms with E-state index in [0.717, 1.165) is 18.5 Å². The molecule has 0 spiro atoms. The molecule has 0 radical (unpaired) electrons. The highest BCUT2D eigenvalue weighted by atomic mass is 16.5. The SMILES string of the molecule is CCOC(=O)C1CNCCC1c1cccc2c1=NC(=O)N=2. The molecule has 0 bridgehead atoms. The topological polar surface area (TPSA) is 80.1 Å². The molecule has 2 unspecified atom stereocenters. The summed E-state index contributed by atoms with van der Waals surface area (Å²) in [5.41, 5.74) is 0.918. The number of nitrogens with one attached hydrogen (secondary N) is 1. The van der Waals surface area contributed by atoms with Crippen LogP contribution in [0, 0.1) is 5.92 Å². The molecular formula is C15H17N3O3.